The molecular weight excluding hydrogens is 312 g/mol. The first-order valence-corrected chi connectivity index (χ1v) is 8.33. The van der Waals surface area contributed by atoms with Gasteiger partial charge in [0.25, 0.3) is 0 Å². The van der Waals surface area contributed by atoms with E-state index >= 15 is 0 Å². The van der Waals surface area contributed by atoms with E-state index in [1.807, 2.05) is 18.5 Å². The maximum Gasteiger partial charge on any atom is 0.240 e. The topological polar surface area (TPSA) is 59.4 Å². The molecule has 0 bridgehead atoms. The summed E-state index contributed by atoms with van der Waals surface area (Å²) in [5, 5.41) is 5.30. The summed E-state index contributed by atoms with van der Waals surface area (Å²) < 4.78 is 27.8. The molecule has 3 aromatic rings. The van der Waals surface area contributed by atoms with E-state index in [2.05, 4.69) is 20.1 Å². The maximum atomic E-state index is 13.1. The molecule has 1 atom stereocenters. The van der Waals surface area contributed by atoms with E-state index in [1.54, 1.807) is 10.9 Å². The van der Waals surface area contributed by atoms with Crippen molar-refractivity contribution in [2.24, 2.45) is 5.92 Å². The largest absolute Gasteiger partial charge is 0.346 e. The van der Waals surface area contributed by atoms with Crippen molar-refractivity contribution in [1.82, 2.24) is 24.7 Å². The van der Waals surface area contributed by atoms with E-state index < -0.39 is 6.43 Å². The number of hydrogen-bond donors (Lipinski definition) is 1. The Morgan fingerprint density at radius 3 is 2.88 bits per heavy atom. The fourth-order valence-electron chi connectivity index (χ4n) is 3.79. The molecule has 1 aliphatic rings. The Hall–Kier alpha value is -2.31. The van der Waals surface area contributed by atoms with Gasteiger partial charge in [-0.1, -0.05) is 12.8 Å². The van der Waals surface area contributed by atoms with Gasteiger partial charge in [-0.2, -0.15) is 5.10 Å². The molecule has 5 nitrogen and oxygen atoms in total. The van der Waals surface area contributed by atoms with Crippen molar-refractivity contribution in [1.29, 1.82) is 0 Å². The highest BCUT2D eigenvalue weighted by Crippen LogP contribution is 2.38. The first-order valence-electron chi connectivity index (χ1n) is 8.33. The normalized spacial score (nSPS) is 17.1. The molecule has 0 aromatic carbocycles. The standard InChI is InChI=1S/C17H19F2N5/c18-15(19)7-14(11-3-1-2-4-11)24-9-12(8-23-24)16-13-5-6-20-17(13)22-10-21-16/h5-6,8-11,14-15H,1-4,7H2,(H,20,21,22). The number of aromatic amines is 1. The number of aromatic nitrogens is 5. The van der Waals surface area contributed by atoms with E-state index in [1.165, 1.54) is 6.33 Å². The number of halogens is 2. The molecule has 126 valence electrons. The zero-order valence-corrected chi connectivity index (χ0v) is 13.2. The molecular formula is C17H19F2N5. The molecule has 0 radical (unpaired) electrons. The van der Waals surface area contributed by atoms with Gasteiger partial charge in [-0.15, -0.1) is 0 Å². The van der Waals surface area contributed by atoms with E-state index in [0.29, 0.717) is 0 Å². The molecule has 0 amide bonds. The van der Waals surface area contributed by atoms with E-state index in [-0.39, 0.29) is 18.4 Å². The van der Waals surface area contributed by atoms with Gasteiger partial charge in [-0.3, -0.25) is 4.68 Å². The van der Waals surface area contributed by atoms with Crippen LogP contribution in [-0.4, -0.2) is 31.2 Å². The van der Waals surface area contributed by atoms with Crippen molar-refractivity contribution < 1.29 is 8.78 Å². The van der Waals surface area contributed by atoms with Gasteiger partial charge in [0, 0.05) is 29.8 Å². The fraction of sp³-hybridized carbons (Fsp3) is 0.471. The van der Waals surface area contributed by atoms with Crippen LogP contribution < -0.4 is 0 Å². The molecule has 1 aliphatic carbocycles. The zero-order chi connectivity index (χ0) is 16.5. The predicted octanol–water partition coefficient (Wildman–Crippen LogP) is 4.21. The van der Waals surface area contributed by atoms with Gasteiger partial charge in [0.2, 0.25) is 6.43 Å². The third-order valence-corrected chi connectivity index (χ3v) is 4.93. The molecule has 24 heavy (non-hydrogen) atoms. The van der Waals surface area contributed by atoms with Gasteiger partial charge >= 0.3 is 0 Å². The van der Waals surface area contributed by atoms with Gasteiger partial charge < -0.3 is 4.98 Å². The summed E-state index contributed by atoms with van der Waals surface area (Å²) in [5.74, 6) is 0.282. The Balaban J connectivity index is 1.68. The number of alkyl halides is 2. The number of rotatable bonds is 5. The van der Waals surface area contributed by atoms with Crippen LogP contribution in [0.15, 0.2) is 31.0 Å². The van der Waals surface area contributed by atoms with Crippen LogP contribution >= 0.6 is 0 Å². The minimum atomic E-state index is -2.32. The lowest BCUT2D eigenvalue weighted by atomic mass is 9.95. The molecule has 1 fully saturated rings. The monoisotopic (exact) mass is 331 g/mol. The Labute approximate surface area is 138 Å². The lowest BCUT2D eigenvalue weighted by Gasteiger charge is -2.23. The van der Waals surface area contributed by atoms with Crippen LogP contribution in [0.25, 0.3) is 22.3 Å². The molecule has 1 saturated carbocycles. The highest BCUT2D eigenvalue weighted by Gasteiger charge is 2.29. The smallest absolute Gasteiger partial charge is 0.240 e. The average Bonchev–Trinajstić information content (AvgIpc) is 3.32. The van der Waals surface area contributed by atoms with Gasteiger partial charge in [-0.05, 0) is 24.8 Å². The lowest BCUT2D eigenvalue weighted by Crippen LogP contribution is -2.20. The van der Waals surface area contributed by atoms with Crippen molar-refractivity contribution in [3.8, 4) is 11.3 Å². The van der Waals surface area contributed by atoms with Crippen LogP contribution in [0.4, 0.5) is 8.78 Å². The number of nitrogens with one attached hydrogen (secondary N) is 1. The molecule has 3 heterocycles. The Kier molecular flexibility index (Phi) is 4.00. The van der Waals surface area contributed by atoms with E-state index in [0.717, 1.165) is 48.0 Å². The average molecular weight is 331 g/mol. The molecule has 3 aromatic heterocycles. The maximum absolute atomic E-state index is 13.1. The molecule has 0 spiro atoms. The van der Waals surface area contributed by atoms with Gasteiger partial charge in [0.1, 0.15) is 12.0 Å². The molecule has 4 rings (SSSR count). The third kappa shape index (κ3) is 2.79. The quantitative estimate of drug-likeness (QED) is 0.762. The van der Waals surface area contributed by atoms with Crippen molar-refractivity contribution in [3.05, 3.63) is 31.0 Å². The second kappa shape index (κ2) is 6.30. The second-order valence-corrected chi connectivity index (χ2v) is 6.41. The molecule has 7 heteroatoms. The predicted molar refractivity (Wildman–Crippen MR) is 86.7 cm³/mol. The van der Waals surface area contributed by atoms with Gasteiger partial charge in [0.05, 0.1) is 17.9 Å². The lowest BCUT2D eigenvalue weighted by molar-refractivity contribution is 0.0968. The number of nitrogens with zero attached hydrogens (tertiary/aromatic N) is 4. The van der Waals surface area contributed by atoms with Crippen LogP contribution in [0.3, 0.4) is 0 Å². The summed E-state index contributed by atoms with van der Waals surface area (Å²) in [6.45, 7) is 0. The molecule has 0 saturated heterocycles. The molecule has 0 aliphatic heterocycles. The highest BCUT2D eigenvalue weighted by molar-refractivity contribution is 5.89. The summed E-state index contributed by atoms with van der Waals surface area (Å²) in [5.41, 5.74) is 2.36. The first kappa shape index (κ1) is 15.2. The van der Waals surface area contributed by atoms with Crippen LogP contribution in [0.5, 0.6) is 0 Å². The van der Waals surface area contributed by atoms with Crippen LogP contribution in [-0.2, 0) is 0 Å². The van der Waals surface area contributed by atoms with Gasteiger partial charge in [0.15, 0.2) is 0 Å². The first-order chi connectivity index (χ1) is 11.7. The number of H-pyrrole nitrogens is 1. The summed E-state index contributed by atoms with van der Waals surface area (Å²) in [6, 6.07) is 1.67. The van der Waals surface area contributed by atoms with Crippen LogP contribution in [0.2, 0.25) is 0 Å². The second-order valence-electron chi connectivity index (χ2n) is 6.41. The number of fused-ring (bicyclic) bond motifs is 1. The number of hydrogen-bond acceptors (Lipinski definition) is 3. The van der Waals surface area contributed by atoms with Crippen LogP contribution in [0, 0.1) is 5.92 Å². The minimum Gasteiger partial charge on any atom is -0.346 e. The van der Waals surface area contributed by atoms with Crippen molar-refractivity contribution in [3.63, 3.8) is 0 Å². The Bertz CT molecular complexity index is 819. The van der Waals surface area contributed by atoms with Crippen molar-refractivity contribution in [2.75, 3.05) is 0 Å². The van der Waals surface area contributed by atoms with Crippen molar-refractivity contribution in [2.45, 2.75) is 44.6 Å². The van der Waals surface area contributed by atoms with Crippen LogP contribution in [0.1, 0.15) is 38.1 Å². The Morgan fingerprint density at radius 2 is 2.08 bits per heavy atom. The fourth-order valence-corrected chi connectivity index (χ4v) is 3.79. The zero-order valence-electron chi connectivity index (χ0n) is 13.2. The summed E-state index contributed by atoms with van der Waals surface area (Å²) in [7, 11) is 0. The molecule has 1 unspecified atom stereocenters. The third-order valence-electron chi connectivity index (χ3n) is 4.93. The van der Waals surface area contributed by atoms with E-state index in [9.17, 15) is 8.78 Å². The minimum absolute atomic E-state index is 0.144. The summed E-state index contributed by atoms with van der Waals surface area (Å²) in [6.07, 6.45) is 8.65. The summed E-state index contributed by atoms with van der Waals surface area (Å²) in [4.78, 5) is 11.6. The summed E-state index contributed by atoms with van der Waals surface area (Å²) >= 11 is 0. The molecule has 1 N–H and O–H groups in total. The van der Waals surface area contributed by atoms with Gasteiger partial charge in [-0.25, -0.2) is 18.7 Å². The Morgan fingerprint density at radius 1 is 1.25 bits per heavy atom. The highest BCUT2D eigenvalue weighted by atomic mass is 19.3. The van der Waals surface area contributed by atoms with Crippen molar-refractivity contribution >= 4 is 11.0 Å². The van der Waals surface area contributed by atoms with E-state index in [4.69, 9.17) is 0 Å². The SMILES string of the molecule is FC(F)CC(C1CCCC1)n1cc(-c2ncnc3[nH]ccc23)cn1.